The largest absolute Gasteiger partial charge is 0.573 e. The van der Waals surface area contributed by atoms with Crippen LogP contribution in [0, 0.1) is 13.8 Å². The minimum absolute atomic E-state index is 0.0177. The first kappa shape index (κ1) is 25.3. The predicted molar refractivity (Wildman–Crippen MR) is 116 cm³/mol. The fourth-order valence-corrected chi connectivity index (χ4v) is 4.31. The summed E-state index contributed by atoms with van der Waals surface area (Å²) in [7, 11) is 1.59. The van der Waals surface area contributed by atoms with E-state index >= 15 is 0 Å². The third kappa shape index (κ3) is 4.79. The number of carbonyl (C=O) groups excluding carboxylic acids is 3. The van der Waals surface area contributed by atoms with Gasteiger partial charge in [-0.1, -0.05) is 12.1 Å². The van der Waals surface area contributed by atoms with Gasteiger partial charge in [-0.05, 0) is 51.5 Å². The molecule has 1 aliphatic rings. The van der Waals surface area contributed by atoms with Crippen LogP contribution in [0.4, 0.5) is 18.0 Å². The van der Waals surface area contributed by atoms with Gasteiger partial charge in [0.25, 0.3) is 5.91 Å². The summed E-state index contributed by atoms with van der Waals surface area (Å²) in [4.78, 5) is 39.6. The molecule has 0 saturated carbocycles. The predicted octanol–water partition coefficient (Wildman–Crippen LogP) is 3.86. The summed E-state index contributed by atoms with van der Waals surface area (Å²) >= 11 is 0. The fraction of sp³-hybridized carbons (Fsp3) is 0.435. The van der Waals surface area contributed by atoms with Crippen LogP contribution in [-0.2, 0) is 15.1 Å². The number of alkyl halides is 3. The second-order valence-electron chi connectivity index (χ2n) is 8.40. The SMILES string of the molecule is COCC(C)n1c(C)cc(C(=O)CN2C(=O)NC(C)(c3ccc(OC(F)(F)F)cc3)C2=O)c1C. The number of halogens is 3. The lowest BCUT2D eigenvalue weighted by Gasteiger charge is -2.22. The van der Waals surface area contributed by atoms with E-state index < -0.39 is 41.9 Å². The molecule has 1 N–H and O–H groups in total. The number of methoxy groups -OCH3 is 1. The maximum Gasteiger partial charge on any atom is 0.573 e. The van der Waals surface area contributed by atoms with Crippen LogP contribution in [0.3, 0.4) is 0 Å². The van der Waals surface area contributed by atoms with Gasteiger partial charge in [0.05, 0.1) is 19.2 Å². The number of urea groups is 1. The molecule has 1 fully saturated rings. The van der Waals surface area contributed by atoms with Gasteiger partial charge < -0.3 is 19.4 Å². The number of ketones is 1. The molecular formula is C23H26F3N3O5. The van der Waals surface area contributed by atoms with Crippen molar-refractivity contribution in [3.05, 3.63) is 52.8 Å². The Morgan fingerprint density at radius 1 is 1.18 bits per heavy atom. The van der Waals surface area contributed by atoms with Gasteiger partial charge in [0.15, 0.2) is 5.78 Å². The van der Waals surface area contributed by atoms with Crippen molar-refractivity contribution in [2.75, 3.05) is 20.3 Å². The minimum atomic E-state index is -4.85. The van der Waals surface area contributed by atoms with E-state index in [2.05, 4.69) is 10.1 Å². The Balaban J connectivity index is 1.80. The molecule has 11 heteroatoms. The lowest BCUT2D eigenvalue weighted by atomic mass is 9.92. The normalized spacial score (nSPS) is 19.4. The molecular weight excluding hydrogens is 455 g/mol. The number of nitrogens with one attached hydrogen (secondary N) is 1. The molecule has 3 rings (SSSR count). The van der Waals surface area contributed by atoms with Crippen LogP contribution >= 0.6 is 0 Å². The van der Waals surface area contributed by atoms with Crippen LogP contribution in [0.1, 0.15) is 47.2 Å². The van der Waals surface area contributed by atoms with Gasteiger partial charge in [-0.2, -0.15) is 0 Å². The summed E-state index contributed by atoms with van der Waals surface area (Å²) in [5, 5.41) is 2.54. The second kappa shape index (κ2) is 9.13. The molecule has 2 aromatic rings. The van der Waals surface area contributed by atoms with E-state index in [-0.39, 0.29) is 11.6 Å². The molecule has 8 nitrogen and oxygen atoms in total. The number of amides is 3. The zero-order valence-corrected chi connectivity index (χ0v) is 19.4. The summed E-state index contributed by atoms with van der Waals surface area (Å²) < 4.78 is 48.2. The number of benzene rings is 1. The van der Waals surface area contributed by atoms with Crippen molar-refractivity contribution in [2.45, 2.75) is 45.6 Å². The molecule has 34 heavy (non-hydrogen) atoms. The average Bonchev–Trinajstić information content (AvgIpc) is 3.15. The molecule has 1 aromatic carbocycles. The van der Waals surface area contributed by atoms with Gasteiger partial charge >= 0.3 is 12.4 Å². The first-order valence-electron chi connectivity index (χ1n) is 10.5. The zero-order valence-electron chi connectivity index (χ0n) is 19.4. The van der Waals surface area contributed by atoms with E-state index in [1.807, 2.05) is 18.4 Å². The molecule has 2 unspecified atom stereocenters. The van der Waals surface area contributed by atoms with E-state index in [0.29, 0.717) is 17.9 Å². The van der Waals surface area contributed by atoms with Crippen LogP contribution in [0.2, 0.25) is 0 Å². The van der Waals surface area contributed by atoms with E-state index in [0.717, 1.165) is 22.7 Å². The molecule has 184 valence electrons. The van der Waals surface area contributed by atoms with Crippen LogP contribution in [-0.4, -0.2) is 53.8 Å². The van der Waals surface area contributed by atoms with Gasteiger partial charge in [0, 0.05) is 24.1 Å². The third-order valence-electron chi connectivity index (χ3n) is 5.88. The van der Waals surface area contributed by atoms with Gasteiger partial charge in [-0.3, -0.25) is 14.5 Å². The number of aromatic nitrogens is 1. The Kier molecular flexibility index (Phi) is 6.79. The Hall–Kier alpha value is -3.34. The average molecular weight is 481 g/mol. The number of Topliss-reactive ketones (excluding diaryl/α,β-unsaturated/α-hetero) is 1. The quantitative estimate of drug-likeness (QED) is 0.457. The molecule has 3 amide bonds. The highest BCUT2D eigenvalue weighted by Crippen LogP contribution is 2.32. The smallest absolute Gasteiger partial charge is 0.406 e. The summed E-state index contributed by atoms with van der Waals surface area (Å²) in [6.45, 7) is 6.99. The van der Waals surface area contributed by atoms with Gasteiger partial charge in [0.2, 0.25) is 0 Å². The van der Waals surface area contributed by atoms with Crippen LogP contribution in [0.15, 0.2) is 30.3 Å². The molecule has 2 heterocycles. The van der Waals surface area contributed by atoms with Crippen molar-refractivity contribution < 1.29 is 37.0 Å². The highest BCUT2D eigenvalue weighted by molar-refractivity contribution is 6.11. The van der Waals surface area contributed by atoms with Crippen LogP contribution < -0.4 is 10.1 Å². The third-order valence-corrected chi connectivity index (χ3v) is 5.88. The minimum Gasteiger partial charge on any atom is -0.406 e. The van der Waals surface area contributed by atoms with E-state index in [4.69, 9.17) is 4.74 Å². The molecule has 0 radical (unpaired) electrons. The number of ether oxygens (including phenoxy) is 2. The Morgan fingerprint density at radius 3 is 2.35 bits per heavy atom. The first-order chi connectivity index (χ1) is 15.8. The summed E-state index contributed by atoms with van der Waals surface area (Å²) in [6.07, 6.45) is -4.85. The standard InChI is InChI=1S/C23H26F3N3O5/c1-13-10-18(15(3)29(13)14(2)12-33-5)19(30)11-28-20(31)22(4,27-21(28)32)16-6-8-17(9-7-16)34-23(24,25)26/h6-10,14H,11-12H2,1-5H3,(H,27,32). The maximum atomic E-state index is 13.1. The zero-order chi connectivity index (χ0) is 25.4. The molecule has 1 aliphatic heterocycles. The highest BCUT2D eigenvalue weighted by Gasteiger charge is 2.49. The van der Waals surface area contributed by atoms with E-state index in [1.165, 1.54) is 19.1 Å². The number of rotatable bonds is 8. The lowest BCUT2D eigenvalue weighted by molar-refractivity contribution is -0.274. The molecule has 0 aliphatic carbocycles. The Bertz CT molecular complexity index is 1110. The topological polar surface area (TPSA) is 89.9 Å². The molecule has 1 saturated heterocycles. The summed E-state index contributed by atoms with van der Waals surface area (Å²) in [5.41, 5.74) is 0.638. The molecule has 1 aromatic heterocycles. The Labute approximate surface area is 194 Å². The Morgan fingerprint density at radius 2 is 1.79 bits per heavy atom. The number of carbonyl (C=O) groups is 3. The summed E-state index contributed by atoms with van der Waals surface area (Å²) in [5.74, 6) is -1.55. The number of imide groups is 1. The van der Waals surface area contributed by atoms with Crippen molar-refractivity contribution in [3.8, 4) is 5.75 Å². The number of hydrogen-bond donors (Lipinski definition) is 1. The first-order valence-corrected chi connectivity index (χ1v) is 10.5. The van der Waals surface area contributed by atoms with E-state index in [1.54, 1.807) is 20.1 Å². The monoisotopic (exact) mass is 481 g/mol. The van der Waals surface area contributed by atoms with Crippen molar-refractivity contribution in [3.63, 3.8) is 0 Å². The molecule has 2 atom stereocenters. The molecule has 0 bridgehead atoms. The van der Waals surface area contributed by atoms with E-state index in [9.17, 15) is 27.6 Å². The molecule has 0 spiro atoms. The van der Waals surface area contributed by atoms with Crippen LogP contribution in [0.5, 0.6) is 5.75 Å². The fourth-order valence-electron chi connectivity index (χ4n) is 4.31. The highest BCUT2D eigenvalue weighted by atomic mass is 19.4. The van der Waals surface area contributed by atoms with Crippen molar-refractivity contribution in [1.29, 1.82) is 0 Å². The van der Waals surface area contributed by atoms with Crippen molar-refractivity contribution in [2.24, 2.45) is 0 Å². The number of nitrogens with zero attached hydrogens (tertiary/aromatic N) is 2. The van der Waals surface area contributed by atoms with Crippen molar-refractivity contribution >= 4 is 17.7 Å². The van der Waals surface area contributed by atoms with Crippen molar-refractivity contribution in [1.82, 2.24) is 14.8 Å². The second-order valence-corrected chi connectivity index (χ2v) is 8.40. The van der Waals surface area contributed by atoms with Gasteiger partial charge in [-0.15, -0.1) is 13.2 Å². The van der Waals surface area contributed by atoms with Crippen LogP contribution in [0.25, 0.3) is 0 Å². The summed E-state index contributed by atoms with van der Waals surface area (Å²) in [6, 6.07) is 5.55. The number of hydrogen-bond acceptors (Lipinski definition) is 5. The number of aryl methyl sites for hydroxylation is 1. The maximum absolute atomic E-state index is 13.1. The lowest BCUT2D eigenvalue weighted by Crippen LogP contribution is -2.41. The van der Waals surface area contributed by atoms with Gasteiger partial charge in [0.1, 0.15) is 11.3 Å². The van der Waals surface area contributed by atoms with Gasteiger partial charge in [-0.25, -0.2) is 4.79 Å².